The number of hydrazine groups is 1. The summed E-state index contributed by atoms with van der Waals surface area (Å²) in [6.07, 6.45) is -10.7. The van der Waals surface area contributed by atoms with Gasteiger partial charge in [0.25, 0.3) is 12.3 Å². The van der Waals surface area contributed by atoms with Crippen LogP contribution in [0.5, 0.6) is 0 Å². The molecule has 254 valence electrons. The normalized spacial score (nSPS) is 42.7. The number of ether oxygens (including phenoxy) is 4. The van der Waals surface area contributed by atoms with Gasteiger partial charge in [-0.2, -0.15) is 0 Å². The summed E-state index contributed by atoms with van der Waals surface area (Å²) in [4.78, 5) is 13.1. The highest BCUT2D eigenvalue weighted by atomic mass is 19.3. The third-order valence-corrected chi connectivity index (χ3v) is 8.60. The predicted octanol–water partition coefficient (Wildman–Crippen LogP) is -5.11. The number of rotatable bonds is 10. The minimum absolute atomic E-state index is 0.0104. The average molecular weight is 641 g/mol. The number of aliphatic hydroxyl groups excluding tert-OH is 2. The van der Waals surface area contributed by atoms with Crippen molar-refractivity contribution in [2.45, 2.75) is 111 Å². The second-order valence-corrected chi connectivity index (χ2v) is 12.2. The van der Waals surface area contributed by atoms with Crippen LogP contribution in [0.25, 0.3) is 0 Å². The number of hydrogen-bond acceptors (Lipinski definition) is 15. The fourth-order valence-electron chi connectivity index (χ4n) is 6.01. The lowest BCUT2D eigenvalue weighted by Crippen LogP contribution is -2.70. The smallest absolute Gasteiger partial charge is 0.294 e. The Labute approximate surface area is 253 Å². The number of carbonyl (C=O) groups is 1. The molecule has 3 aliphatic heterocycles. The van der Waals surface area contributed by atoms with E-state index in [1.807, 2.05) is 0 Å². The molecule has 0 radical (unpaired) electrons. The Balaban J connectivity index is 1.51. The standard InChI is InChI=1S/C25H46F2N8O9/c1-24(39)9-41-22(15(37)18(24)31-2)44-17-13(35-23(38)25(40)7-33-34-8-25)5-12(29)16(14(17)36)43-21-11(28)4-3-10(42-21)6-32-20(30)19(26)27/h10-19,21-22,31,33-34,36-37,39-40H,3-9,28-29H2,1-2H3,(H2,30,32)(H,35,38)/t10-,11?,12-,13+,14?,15?,16?,17?,18+,21+,22+,24?/m0/s1. The summed E-state index contributed by atoms with van der Waals surface area (Å²) in [5.74, 6) is -1.70. The van der Waals surface area contributed by atoms with E-state index >= 15 is 0 Å². The van der Waals surface area contributed by atoms with Crippen LogP contribution in [0.3, 0.4) is 0 Å². The molecule has 4 rings (SSSR count). The van der Waals surface area contributed by atoms with Crippen molar-refractivity contribution in [2.75, 3.05) is 33.3 Å². The van der Waals surface area contributed by atoms with Gasteiger partial charge in [-0.15, -0.1) is 0 Å². The first-order chi connectivity index (χ1) is 20.7. The van der Waals surface area contributed by atoms with E-state index in [2.05, 4.69) is 26.8 Å². The molecule has 3 heterocycles. The van der Waals surface area contributed by atoms with Gasteiger partial charge in [0, 0.05) is 25.7 Å². The Morgan fingerprint density at radius 1 is 1.09 bits per heavy atom. The van der Waals surface area contributed by atoms with Gasteiger partial charge in [0.2, 0.25) is 0 Å². The molecule has 1 aliphatic carbocycles. The first-order valence-corrected chi connectivity index (χ1v) is 14.6. The summed E-state index contributed by atoms with van der Waals surface area (Å²) in [6, 6.07) is -3.42. The summed E-state index contributed by atoms with van der Waals surface area (Å²) in [5, 5.41) is 59.1. The molecule has 0 aromatic heterocycles. The lowest BCUT2D eigenvalue weighted by molar-refractivity contribution is -0.307. The molecule has 4 aliphatic rings. The van der Waals surface area contributed by atoms with Gasteiger partial charge < -0.3 is 66.8 Å². The molecular weight excluding hydrogens is 594 g/mol. The molecule has 17 nitrogen and oxygen atoms in total. The molecule has 14 N–H and O–H groups in total. The number of likely N-dealkylation sites (N-methyl/N-ethyl adjacent to an activating group) is 1. The van der Waals surface area contributed by atoms with Gasteiger partial charge in [0.1, 0.15) is 30.0 Å². The average Bonchev–Trinajstić information content (AvgIpc) is 3.41. The zero-order valence-electron chi connectivity index (χ0n) is 24.6. The second-order valence-electron chi connectivity index (χ2n) is 12.2. The summed E-state index contributed by atoms with van der Waals surface area (Å²) in [6.45, 7) is 1.01. The van der Waals surface area contributed by atoms with Gasteiger partial charge in [0.05, 0.1) is 30.8 Å². The Morgan fingerprint density at radius 2 is 1.75 bits per heavy atom. The van der Waals surface area contributed by atoms with Crippen LogP contribution in [-0.2, 0) is 23.7 Å². The number of amidine groups is 1. The van der Waals surface area contributed by atoms with Crippen LogP contribution in [0, 0.1) is 5.41 Å². The van der Waals surface area contributed by atoms with Gasteiger partial charge in [-0.05, 0) is 33.2 Å². The molecule has 0 spiro atoms. The van der Waals surface area contributed by atoms with Crippen LogP contribution >= 0.6 is 0 Å². The van der Waals surface area contributed by atoms with E-state index in [4.69, 9.17) is 35.8 Å². The Kier molecular flexibility index (Phi) is 11.5. The Bertz CT molecular complexity index is 997. The molecule has 44 heavy (non-hydrogen) atoms. The van der Waals surface area contributed by atoms with E-state index in [0.29, 0.717) is 12.8 Å². The second kappa shape index (κ2) is 14.4. The van der Waals surface area contributed by atoms with Crippen LogP contribution in [0.4, 0.5) is 8.78 Å². The zero-order valence-corrected chi connectivity index (χ0v) is 24.6. The number of nitrogens with two attached hydrogens (primary N) is 2. The number of alkyl halides is 2. The maximum absolute atomic E-state index is 13.1. The quantitative estimate of drug-likeness (QED) is 0.0786. The highest BCUT2D eigenvalue weighted by Gasteiger charge is 2.53. The predicted molar refractivity (Wildman–Crippen MR) is 148 cm³/mol. The summed E-state index contributed by atoms with van der Waals surface area (Å²) in [7, 11) is 1.54. The highest BCUT2D eigenvalue weighted by Crippen LogP contribution is 2.32. The lowest BCUT2D eigenvalue weighted by atomic mass is 9.83. The minimum Gasteiger partial charge on any atom is -0.388 e. The van der Waals surface area contributed by atoms with E-state index in [9.17, 15) is 34.0 Å². The van der Waals surface area contributed by atoms with E-state index in [1.54, 1.807) is 7.05 Å². The van der Waals surface area contributed by atoms with Crippen LogP contribution in [-0.4, -0.2) is 150 Å². The van der Waals surface area contributed by atoms with Gasteiger partial charge in [0.15, 0.2) is 24.0 Å². The van der Waals surface area contributed by atoms with Crippen molar-refractivity contribution < 1.29 is 52.9 Å². The third kappa shape index (κ3) is 7.80. The van der Waals surface area contributed by atoms with Crippen molar-refractivity contribution in [3.05, 3.63) is 0 Å². The number of β-amino-alcohol motifs (C(OH)–C–C–N with tert-alkyl or cyclic N) is 1. The molecule has 1 amide bonds. The van der Waals surface area contributed by atoms with E-state index in [0.717, 1.165) is 0 Å². The number of carbonyl (C=O) groups excluding carboxylic acids is 1. The van der Waals surface area contributed by atoms with Gasteiger partial charge in [-0.1, -0.05) is 0 Å². The largest absolute Gasteiger partial charge is 0.388 e. The first-order valence-electron chi connectivity index (χ1n) is 14.6. The van der Waals surface area contributed by atoms with Crippen LogP contribution in [0.15, 0.2) is 0 Å². The van der Waals surface area contributed by atoms with Crippen LogP contribution < -0.4 is 38.3 Å². The fraction of sp³-hybridized carbons (Fsp3) is 0.920. The number of amides is 1. The SMILES string of the molecule is CN[C@@H]1C(O)[C@@H](OC2C(O)C(O[C@H]3O[C@H](CNC(=N)C(F)F)CCC3N)[C@@H](N)C[C@H]2NC(=O)C2(O)CNNC2)OCC1(C)O. The van der Waals surface area contributed by atoms with E-state index in [-0.39, 0.29) is 32.7 Å². The number of nitrogens with one attached hydrogen (secondary N) is 6. The molecule has 4 fully saturated rings. The monoisotopic (exact) mass is 640 g/mol. The summed E-state index contributed by atoms with van der Waals surface area (Å²) < 4.78 is 49.1. The van der Waals surface area contributed by atoms with Crippen LogP contribution in [0.2, 0.25) is 0 Å². The lowest BCUT2D eigenvalue weighted by Gasteiger charge is -2.49. The van der Waals surface area contributed by atoms with Crippen molar-refractivity contribution in [1.29, 1.82) is 5.41 Å². The van der Waals surface area contributed by atoms with Crippen molar-refractivity contribution in [3.8, 4) is 0 Å². The molecule has 1 saturated carbocycles. The molecule has 0 aromatic carbocycles. The Morgan fingerprint density at radius 3 is 2.39 bits per heavy atom. The van der Waals surface area contributed by atoms with Gasteiger partial charge >= 0.3 is 0 Å². The molecule has 6 unspecified atom stereocenters. The maximum Gasteiger partial charge on any atom is 0.294 e. The number of hydrogen-bond donors (Lipinski definition) is 12. The molecule has 12 atom stereocenters. The molecule has 0 bridgehead atoms. The third-order valence-electron chi connectivity index (χ3n) is 8.60. The van der Waals surface area contributed by atoms with Crippen molar-refractivity contribution in [2.24, 2.45) is 11.5 Å². The van der Waals surface area contributed by atoms with Crippen molar-refractivity contribution >= 4 is 11.7 Å². The summed E-state index contributed by atoms with van der Waals surface area (Å²) >= 11 is 0. The topological polar surface area (TPSA) is 271 Å². The van der Waals surface area contributed by atoms with Gasteiger partial charge in [-0.25, -0.2) is 8.78 Å². The molecule has 19 heteroatoms. The minimum atomic E-state index is -2.96. The zero-order chi connectivity index (χ0) is 32.4. The number of halogens is 2. The molecule has 3 saturated heterocycles. The molecule has 0 aromatic rings. The Hall–Kier alpha value is -1.72. The number of aliphatic hydroxyl groups is 4. The summed E-state index contributed by atoms with van der Waals surface area (Å²) in [5.41, 5.74) is 14.8. The maximum atomic E-state index is 13.1. The molecular formula is C25H46F2N8O9. The van der Waals surface area contributed by atoms with Gasteiger partial charge in [-0.3, -0.25) is 21.1 Å². The van der Waals surface area contributed by atoms with Crippen LogP contribution in [0.1, 0.15) is 26.2 Å². The first kappa shape index (κ1) is 35.1. The fourth-order valence-corrected chi connectivity index (χ4v) is 6.01. The van der Waals surface area contributed by atoms with E-state index < -0.39 is 96.6 Å². The highest BCUT2D eigenvalue weighted by molar-refractivity contribution is 5.86. The van der Waals surface area contributed by atoms with Crippen molar-refractivity contribution in [1.82, 2.24) is 26.8 Å². The van der Waals surface area contributed by atoms with Crippen molar-refractivity contribution in [3.63, 3.8) is 0 Å². The van der Waals surface area contributed by atoms with E-state index in [1.165, 1.54) is 6.92 Å².